The van der Waals surface area contributed by atoms with Gasteiger partial charge in [0.15, 0.2) is 9.84 Å². The van der Waals surface area contributed by atoms with E-state index in [9.17, 15) is 13.2 Å². The van der Waals surface area contributed by atoms with E-state index < -0.39 is 9.84 Å². The second-order valence-corrected chi connectivity index (χ2v) is 8.18. The first-order valence-corrected chi connectivity index (χ1v) is 9.59. The number of aryl methyl sites for hydroxylation is 1. The number of amides is 1. The van der Waals surface area contributed by atoms with Crippen LogP contribution in [0.5, 0.6) is 0 Å². The van der Waals surface area contributed by atoms with Crippen LogP contribution in [0.15, 0.2) is 53.4 Å². The van der Waals surface area contributed by atoms with Crippen LogP contribution in [-0.2, 0) is 27.6 Å². The lowest BCUT2D eigenvalue weighted by Gasteiger charge is -2.18. The van der Waals surface area contributed by atoms with Gasteiger partial charge >= 0.3 is 0 Å². The molecule has 128 valence electrons. The first-order valence-electron chi connectivity index (χ1n) is 7.93. The Kier molecular flexibility index (Phi) is 5.78. The monoisotopic (exact) mass is 345 g/mol. The summed E-state index contributed by atoms with van der Waals surface area (Å²) in [6.07, 6.45) is 0.190. The smallest absolute Gasteiger partial charge is 0.227 e. The lowest BCUT2D eigenvalue weighted by atomic mass is 10.1. The van der Waals surface area contributed by atoms with Crippen molar-refractivity contribution in [2.24, 2.45) is 0 Å². The van der Waals surface area contributed by atoms with E-state index in [1.54, 1.807) is 43.1 Å². The molecule has 2 rings (SSSR count). The largest absolute Gasteiger partial charge is 0.341 e. The quantitative estimate of drug-likeness (QED) is 0.809. The van der Waals surface area contributed by atoms with E-state index >= 15 is 0 Å². The summed E-state index contributed by atoms with van der Waals surface area (Å²) in [7, 11) is -1.49. The first-order chi connectivity index (χ1) is 11.3. The zero-order valence-corrected chi connectivity index (χ0v) is 15.1. The van der Waals surface area contributed by atoms with Gasteiger partial charge in [0, 0.05) is 13.6 Å². The molecule has 0 aromatic heterocycles. The second kappa shape index (κ2) is 7.62. The number of hydrogen-bond acceptors (Lipinski definition) is 3. The van der Waals surface area contributed by atoms with Gasteiger partial charge in [-0.2, -0.15) is 0 Å². The number of hydrogen-bond donors (Lipinski definition) is 0. The predicted octanol–water partition coefficient (Wildman–Crippen LogP) is 2.99. The molecule has 24 heavy (non-hydrogen) atoms. The number of sulfone groups is 1. The summed E-state index contributed by atoms with van der Waals surface area (Å²) in [6.45, 7) is 4.17. The van der Waals surface area contributed by atoms with Crippen LogP contribution in [0.4, 0.5) is 0 Å². The summed E-state index contributed by atoms with van der Waals surface area (Å²) in [5, 5.41) is 0. The van der Waals surface area contributed by atoms with Crippen molar-refractivity contribution in [2.75, 3.05) is 12.8 Å². The molecule has 0 fully saturated rings. The molecular weight excluding hydrogens is 322 g/mol. The van der Waals surface area contributed by atoms with Gasteiger partial charge in [-0.1, -0.05) is 43.3 Å². The summed E-state index contributed by atoms with van der Waals surface area (Å²) in [6, 6.07) is 14.6. The number of carbonyl (C=O) groups excluding carboxylic acids is 1. The van der Waals surface area contributed by atoms with E-state index in [4.69, 9.17) is 0 Å². The van der Waals surface area contributed by atoms with Crippen molar-refractivity contribution in [1.29, 1.82) is 0 Å². The Morgan fingerprint density at radius 2 is 1.79 bits per heavy atom. The molecule has 0 unspecified atom stereocenters. The highest BCUT2D eigenvalue weighted by Crippen LogP contribution is 2.15. The van der Waals surface area contributed by atoms with Crippen molar-refractivity contribution < 1.29 is 13.2 Å². The topological polar surface area (TPSA) is 54.5 Å². The Bertz CT molecular complexity index is 828. The molecule has 0 aliphatic rings. The molecule has 0 aliphatic carbocycles. The van der Waals surface area contributed by atoms with Gasteiger partial charge in [-0.15, -0.1) is 0 Å². The third kappa shape index (κ3) is 4.45. The van der Waals surface area contributed by atoms with Crippen LogP contribution in [0.3, 0.4) is 0 Å². The Morgan fingerprint density at radius 3 is 2.46 bits per heavy atom. The number of likely N-dealkylation sites (N-methyl/N-ethyl adjacent to an activating group) is 1. The normalized spacial score (nSPS) is 11.3. The minimum atomic E-state index is -3.26. The van der Waals surface area contributed by atoms with Gasteiger partial charge in [0.05, 0.1) is 17.1 Å². The third-order valence-corrected chi connectivity index (χ3v) is 5.82. The van der Waals surface area contributed by atoms with Crippen LogP contribution in [0.25, 0.3) is 0 Å². The van der Waals surface area contributed by atoms with Crippen LogP contribution in [0, 0.1) is 6.92 Å². The molecule has 0 radical (unpaired) electrons. The highest BCUT2D eigenvalue weighted by molar-refractivity contribution is 7.91. The SMILES string of the molecule is CCS(=O)(=O)c1cccc(CC(=O)N(C)Cc2ccccc2C)c1. The molecule has 0 spiro atoms. The predicted molar refractivity (Wildman–Crippen MR) is 95.5 cm³/mol. The van der Waals surface area contributed by atoms with Crippen molar-refractivity contribution in [3.05, 3.63) is 65.2 Å². The van der Waals surface area contributed by atoms with Gasteiger partial charge in [0.2, 0.25) is 5.91 Å². The zero-order chi connectivity index (χ0) is 17.7. The van der Waals surface area contributed by atoms with Gasteiger partial charge in [-0.05, 0) is 35.7 Å². The van der Waals surface area contributed by atoms with E-state index in [1.807, 2.05) is 31.2 Å². The standard InChI is InChI=1S/C19H23NO3S/c1-4-24(22,23)18-11-7-9-16(12-18)13-19(21)20(3)14-17-10-6-5-8-15(17)2/h5-12H,4,13-14H2,1-3H3. The van der Waals surface area contributed by atoms with E-state index in [0.717, 1.165) is 11.1 Å². The molecule has 0 saturated carbocycles. The van der Waals surface area contributed by atoms with Crippen molar-refractivity contribution in [3.63, 3.8) is 0 Å². The molecule has 1 amide bonds. The van der Waals surface area contributed by atoms with Crippen LogP contribution in [-0.4, -0.2) is 32.0 Å². The van der Waals surface area contributed by atoms with Crippen molar-refractivity contribution in [3.8, 4) is 0 Å². The van der Waals surface area contributed by atoms with Crippen LogP contribution >= 0.6 is 0 Å². The second-order valence-electron chi connectivity index (χ2n) is 5.90. The summed E-state index contributed by atoms with van der Waals surface area (Å²) < 4.78 is 23.9. The van der Waals surface area contributed by atoms with Crippen LogP contribution < -0.4 is 0 Å². The number of rotatable bonds is 6. The lowest BCUT2D eigenvalue weighted by molar-refractivity contribution is -0.129. The van der Waals surface area contributed by atoms with E-state index in [1.165, 1.54) is 0 Å². The Morgan fingerprint density at radius 1 is 1.08 bits per heavy atom. The van der Waals surface area contributed by atoms with Crippen LogP contribution in [0.1, 0.15) is 23.6 Å². The van der Waals surface area contributed by atoms with Crippen molar-refractivity contribution in [1.82, 2.24) is 4.90 Å². The van der Waals surface area contributed by atoms with Crippen molar-refractivity contribution >= 4 is 15.7 Å². The highest BCUT2D eigenvalue weighted by Gasteiger charge is 2.15. The maximum absolute atomic E-state index is 12.4. The molecule has 5 heteroatoms. The minimum absolute atomic E-state index is 0.0377. The molecular formula is C19H23NO3S. The minimum Gasteiger partial charge on any atom is -0.341 e. The highest BCUT2D eigenvalue weighted by atomic mass is 32.2. The molecule has 2 aromatic carbocycles. The first kappa shape index (κ1) is 18.2. The molecule has 0 saturated heterocycles. The zero-order valence-electron chi connectivity index (χ0n) is 14.3. The Hall–Kier alpha value is -2.14. The van der Waals surface area contributed by atoms with E-state index in [-0.39, 0.29) is 23.0 Å². The summed E-state index contributed by atoms with van der Waals surface area (Å²) in [5.41, 5.74) is 2.97. The molecule has 0 heterocycles. The van der Waals surface area contributed by atoms with Gasteiger partial charge in [-0.3, -0.25) is 4.79 Å². The average Bonchev–Trinajstić information content (AvgIpc) is 2.57. The van der Waals surface area contributed by atoms with E-state index in [2.05, 4.69) is 0 Å². The average molecular weight is 345 g/mol. The molecule has 4 nitrogen and oxygen atoms in total. The summed E-state index contributed by atoms with van der Waals surface area (Å²) >= 11 is 0. The number of nitrogens with zero attached hydrogens (tertiary/aromatic N) is 1. The maximum atomic E-state index is 12.4. The number of carbonyl (C=O) groups is 1. The maximum Gasteiger partial charge on any atom is 0.227 e. The summed E-state index contributed by atoms with van der Waals surface area (Å²) in [5.74, 6) is 0.0155. The van der Waals surface area contributed by atoms with Crippen molar-refractivity contribution in [2.45, 2.75) is 31.7 Å². The fraction of sp³-hybridized carbons (Fsp3) is 0.316. The molecule has 0 bridgehead atoms. The fourth-order valence-electron chi connectivity index (χ4n) is 2.46. The van der Waals surface area contributed by atoms with Gasteiger partial charge in [-0.25, -0.2) is 8.42 Å². The van der Waals surface area contributed by atoms with E-state index in [0.29, 0.717) is 12.1 Å². The third-order valence-electron chi connectivity index (χ3n) is 4.09. The Balaban J connectivity index is 2.09. The molecule has 2 aromatic rings. The Labute approximate surface area is 144 Å². The molecule has 0 aliphatic heterocycles. The molecule has 0 N–H and O–H groups in total. The molecule has 0 atom stereocenters. The van der Waals surface area contributed by atoms with Gasteiger partial charge < -0.3 is 4.90 Å². The van der Waals surface area contributed by atoms with Crippen LogP contribution in [0.2, 0.25) is 0 Å². The summed E-state index contributed by atoms with van der Waals surface area (Å²) in [4.78, 5) is 14.4. The van der Waals surface area contributed by atoms with Gasteiger partial charge in [0.25, 0.3) is 0 Å². The van der Waals surface area contributed by atoms with Gasteiger partial charge in [0.1, 0.15) is 0 Å². The number of benzene rings is 2. The fourth-order valence-corrected chi connectivity index (χ4v) is 3.41. The lowest BCUT2D eigenvalue weighted by Crippen LogP contribution is -2.28.